The van der Waals surface area contributed by atoms with Crippen LogP contribution in [0, 0.1) is 0 Å². The molecule has 0 aromatic heterocycles. The molecule has 0 saturated heterocycles. The van der Waals surface area contributed by atoms with Gasteiger partial charge in [-0.2, -0.15) is 0 Å². The Kier molecular flexibility index (Phi) is 5.26. The van der Waals surface area contributed by atoms with E-state index < -0.39 is 0 Å². The monoisotopic (exact) mass is 332 g/mol. The molecule has 1 aromatic carbocycles. The predicted molar refractivity (Wildman–Crippen MR) is 93.6 cm³/mol. The zero-order chi connectivity index (χ0) is 16.2. The van der Waals surface area contributed by atoms with Crippen molar-refractivity contribution in [3.05, 3.63) is 24.3 Å². The van der Waals surface area contributed by atoms with Gasteiger partial charge in [-0.25, -0.2) is 0 Å². The van der Waals surface area contributed by atoms with Crippen LogP contribution in [-0.4, -0.2) is 34.6 Å². The van der Waals surface area contributed by atoms with Crippen molar-refractivity contribution in [2.75, 3.05) is 11.9 Å². The van der Waals surface area contributed by atoms with E-state index in [9.17, 15) is 9.59 Å². The van der Waals surface area contributed by atoms with E-state index >= 15 is 0 Å². The zero-order valence-electron chi connectivity index (χ0n) is 13.6. The van der Waals surface area contributed by atoms with Crippen LogP contribution < -0.4 is 5.32 Å². The van der Waals surface area contributed by atoms with Gasteiger partial charge in [-0.05, 0) is 31.9 Å². The minimum absolute atomic E-state index is 0.0539. The molecule has 1 N–H and O–H groups in total. The Labute approximate surface area is 142 Å². The smallest absolute Gasteiger partial charge is 0.238 e. The fourth-order valence-corrected chi connectivity index (χ4v) is 4.64. The second-order valence-corrected chi connectivity index (χ2v) is 7.51. The normalized spacial score (nSPS) is 21.4. The summed E-state index contributed by atoms with van der Waals surface area (Å²) in [6, 6.07) is 8.13. The molecule has 1 heterocycles. The predicted octanol–water partition coefficient (Wildman–Crippen LogP) is 3.67. The molecule has 1 atom stereocenters. The summed E-state index contributed by atoms with van der Waals surface area (Å²) in [6.07, 6.45) is 6.19. The number of rotatable bonds is 4. The van der Waals surface area contributed by atoms with Crippen molar-refractivity contribution in [2.24, 2.45) is 0 Å². The second kappa shape index (κ2) is 7.39. The van der Waals surface area contributed by atoms with Crippen molar-refractivity contribution >= 4 is 29.3 Å². The molecule has 4 nitrogen and oxygen atoms in total. The van der Waals surface area contributed by atoms with E-state index in [1.54, 1.807) is 0 Å². The molecule has 0 unspecified atom stereocenters. The highest BCUT2D eigenvalue weighted by atomic mass is 32.2. The minimum Gasteiger partial charge on any atom is -0.340 e. The van der Waals surface area contributed by atoms with Crippen molar-refractivity contribution in [3.8, 4) is 0 Å². The van der Waals surface area contributed by atoms with Gasteiger partial charge in [0.15, 0.2) is 0 Å². The number of hydrogen-bond donors (Lipinski definition) is 1. The third-order valence-electron chi connectivity index (χ3n) is 4.74. The molecule has 1 aromatic rings. The molecule has 1 saturated carbocycles. The lowest BCUT2D eigenvalue weighted by Crippen LogP contribution is -2.43. The quantitative estimate of drug-likeness (QED) is 0.915. The average molecular weight is 332 g/mol. The summed E-state index contributed by atoms with van der Waals surface area (Å²) in [5.74, 6) is 0.0631. The molecule has 124 valence electrons. The van der Waals surface area contributed by atoms with Crippen LogP contribution in [0.15, 0.2) is 29.2 Å². The topological polar surface area (TPSA) is 49.4 Å². The molecule has 1 fully saturated rings. The Balaban J connectivity index is 1.66. The standard InChI is InChI=1S/C18H24N2O2S/c1-2-20(13-8-4-3-5-9-13)17(21)12-16-18(22)19-14-10-6-7-11-15(14)23-16/h6-7,10-11,13,16H,2-5,8-9,12H2,1H3,(H,19,22)/t16-/m0/s1. The molecule has 1 aliphatic carbocycles. The molecular formula is C18H24N2O2S. The summed E-state index contributed by atoms with van der Waals surface area (Å²) < 4.78 is 0. The van der Waals surface area contributed by atoms with Gasteiger partial charge in [-0.1, -0.05) is 31.4 Å². The van der Waals surface area contributed by atoms with Crippen molar-refractivity contribution in [1.82, 2.24) is 4.90 Å². The number of carbonyl (C=O) groups is 2. The summed E-state index contributed by atoms with van der Waals surface area (Å²) in [6.45, 7) is 2.77. The number of para-hydroxylation sites is 1. The second-order valence-electron chi connectivity index (χ2n) is 6.27. The summed E-state index contributed by atoms with van der Waals surface area (Å²) >= 11 is 1.51. The summed E-state index contributed by atoms with van der Waals surface area (Å²) in [7, 11) is 0. The molecule has 2 amide bonds. The first-order valence-electron chi connectivity index (χ1n) is 8.55. The Bertz CT molecular complexity index is 584. The fraction of sp³-hybridized carbons (Fsp3) is 0.556. The number of thioether (sulfide) groups is 1. The van der Waals surface area contributed by atoms with E-state index in [2.05, 4.69) is 5.32 Å². The first kappa shape index (κ1) is 16.4. The fourth-order valence-electron chi connectivity index (χ4n) is 3.53. The van der Waals surface area contributed by atoms with Crippen LogP contribution in [0.4, 0.5) is 5.69 Å². The number of nitrogens with zero attached hydrogens (tertiary/aromatic N) is 1. The van der Waals surface area contributed by atoms with Gasteiger partial charge in [-0.15, -0.1) is 11.8 Å². The minimum atomic E-state index is -0.324. The van der Waals surface area contributed by atoms with Crippen molar-refractivity contribution in [2.45, 2.75) is 61.6 Å². The maximum Gasteiger partial charge on any atom is 0.238 e. The molecule has 2 aliphatic rings. The highest BCUT2D eigenvalue weighted by Crippen LogP contribution is 2.37. The largest absolute Gasteiger partial charge is 0.340 e. The number of nitrogens with one attached hydrogen (secondary N) is 1. The third-order valence-corrected chi connectivity index (χ3v) is 6.02. The molecule has 3 rings (SSSR count). The number of anilines is 1. The van der Waals surface area contributed by atoms with Gasteiger partial charge in [0.2, 0.25) is 11.8 Å². The van der Waals surface area contributed by atoms with Gasteiger partial charge in [0.1, 0.15) is 0 Å². The highest BCUT2D eigenvalue weighted by molar-refractivity contribution is 8.01. The first-order chi connectivity index (χ1) is 11.2. The highest BCUT2D eigenvalue weighted by Gasteiger charge is 2.32. The Morgan fingerprint density at radius 3 is 2.74 bits per heavy atom. The van der Waals surface area contributed by atoms with Gasteiger partial charge in [0, 0.05) is 23.9 Å². The van der Waals surface area contributed by atoms with Crippen LogP contribution in [0.2, 0.25) is 0 Å². The van der Waals surface area contributed by atoms with E-state index in [-0.39, 0.29) is 23.5 Å². The molecule has 0 radical (unpaired) electrons. The van der Waals surface area contributed by atoms with Crippen LogP contribution in [0.5, 0.6) is 0 Å². The van der Waals surface area contributed by atoms with Crippen molar-refractivity contribution in [3.63, 3.8) is 0 Å². The van der Waals surface area contributed by atoms with Gasteiger partial charge in [0.25, 0.3) is 0 Å². The number of hydrogen-bond acceptors (Lipinski definition) is 3. The van der Waals surface area contributed by atoms with Gasteiger partial charge >= 0.3 is 0 Å². The Morgan fingerprint density at radius 1 is 1.26 bits per heavy atom. The number of amides is 2. The Hall–Kier alpha value is -1.49. The summed E-state index contributed by atoms with van der Waals surface area (Å²) in [4.78, 5) is 28.0. The molecule has 1 aliphatic heterocycles. The van der Waals surface area contributed by atoms with Gasteiger partial charge in [0.05, 0.1) is 10.9 Å². The van der Waals surface area contributed by atoms with E-state index in [1.807, 2.05) is 36.1 Å². The number of carbonyl (C=O) groups excluding carboxylic acids is 2. The van der Waals surface area contributed by atoms with E-state index in [0.29, 0.717) is 6.04 Å². The maximum absolute atomic E-state index is 12.7. The van der Waals surface area contributed by atoms with E-state index in [0.717, 1.165) is 30.0 Å². The summed E-state index contributed by atoms with van der Waals surface area (Å²) in [5.41, 5.74) is 0.853. The third kappa shape index (κ3) is 3.71. The SMILES string of the molecule is CCN(C(=O)C[C@@H]1Sc2ccccc2NC1=O)C1CCCCC1. The zero-order valence-corrected chi connectivity index (χ0v) is 14.4. The van der Waals surface area contributed by atoms with Crippen LogP contribution in [0.1, 0.15) is 45.4 Å². The lowest BCUT2D eigenvalue weighted by atomic mass is 9.94. The van der Waals surface area contributed by atoms with Crippen LogP contribution in [0.3, 0.4) is 0 Å². The molecule has 0 spiro atoms. The van der Waals surface area contributed by atoms with Gasteiger partial charge < -0.3 is 10.2 Å². The molecule has 23 heavy (non-hydrogen) atoms. The molecule has 5 heteroatoms. The van der Waals surface area contributed by atoms with E-state index in [4.69, 9.17) is 0 Å². The summed E-state index contributed by atoms with van der Waals surface area (Å²) in [5, 5.41) is 2.60. The molecule has 0 bridgehead atoms. The van der Waals surface area contributed by atoms with Crippen LogP contribution >= 0.6 is 11.8 Å². The van der Waals surface area contributed by atoms with Crippen molar-refractivity contribution in [1.29, 1.82) is 0 Å². The van der Waals surface area contributed by atoms with Gasteiger partial charge in [-0.3, -0.25) is 9.59 Å². The number of benzene rings is 1. The van der Waals surface area contributed by atoms with E-state index in [1.165, 1.54) is 31.0 Å². The van der Waals surface area contributed by atoms with Crippen molar-refractivity contribution < 1.29 is 9.59 Å². The lowest BCUT2D eigenvalue weighted by molar-refractivity contribution is -0.135. The van der Waals surface area contributed by atoms with Crippen LogP contribution in [-0.2, 0) is 9.59 Å². The Morgan fingerprint density at radius 2 is 2.00 bits per heavy atom. The average Bonchev–Trinajstić information content (AvgIpc) is 2.57. The maximum atomic E-state index is 12.7. The lowest BCUT2D eigenvalue weighted by Gasteiger charge is -2.34. The molecular weight excluding hydrogens is 308 g/mol. The number of fused-ring (bicyclic) bond motifs is 1. The van der Waals surface area contributed by atoms with Crippen LogP contribution in [0.25, 0.3) is 0 Å². The first-order valence-corrected chi connectivity index (χ1v) is 9.43.